The number of fused-ring (bicyclic) bond motifs is 3. The van der Waals surface area contributed by atoms with Crippen molar-refractivity contribution >= 4 is 32.5 Å². The lowest BCUT2D eigenvalue weighted by molar-refractivity contribution is 0.0996. The SMILES string of the molecule is CCC1(CC)Cc2c(-c3cc(F)c(C(N)=O)c(NC4CCC(O)CC4)c3)c3ccccc3n2S(=O)(=O)C1. The Balaban J connectivity index is 1.73. The zero-order valence-corrected chi connectivity index (χ0v) is 22.1. The maximum atomic E-state index is 15.5. The number of nitrogens with two attached hydrogens (primary N) is 1. The number of para-hydroxylation sites is 1. The molecule has 3 aromatic rings. The van der Waals surface area contributed by atoms with Crippen LogP contribution in [0.15, 0.2) is 36.4 Å². The number of rotatable bonds is 6. The first-order chi connectivity index (χ1) is 17.6. The van der Waals surface area contributed by atoms with Crippen LogP contribution in [0.25, 0.3) is 22.0 Å². The molecule has 1 aliphatic heterocycles. The van der Waals surface area contributed by atoms with E-state index in [1.165, 1.54) is 10.0 Å². The van der Waals surface area contributed by atoms with E-state index in [0.717, 1.165) is 5.39 Å². The Bertz CT molecular complexity index is 1470. The number of aliphatic hydroxyl groups is 1. The van der Waals surface area contributed by atoms with E-state index in [0.29, 0.717) is 73.0 Å². The van der Waals surface area contributed by atoms with Gasteiger partial charge < -0.3 is 16.2 Å². The van der Waals surface area contributed by atoms with E-state index in [4.69, 9.17) is 5.73 Å². The van der Waals surface area contributed by atoms with Gasteiger partial charge in [0, 0.05) is 22.7 Å². The second-order valence-corrected chi connectivity index (χ2v) is 12.5. The topological polar surface area (TPSA) is 114 Å². The van der Waals surface area contributed by atoms with Gasteiger partial charge in [-0.2, -0.15) is 0 Å². The molecule has 1 amide bonds. The first kappa shape index (κ1) is 25.7. The fourth-order valence-electron chi connectivity index (χ4n) is 6.18. The van der Waals surface area contributed by atoms with Crippen LogP contribution in [-0.2, 0) is 16.4 Å². The van der Waals surface area contributed by atoms with Crippen molar-refractivity contribution in [2.75, 3.05) is 11.1 Å². The normalized spacial score (nSPS) is 22.5. The van der Waals surface area contributed by atoms with Gasteiger partial charge in [-0.1, -0.05) is 32.0 Å². The number of nitrogens with one attached hydrogen (secondary N) is 1. The Kier molecular flexibility index (Phi) is 6.56. The van der Waals surface area contributed by atoms with Crippen LogP contribution < -0.4 is 11.1 Å². The van der Waals surface area contributed by atoms with E-state index >= 15 is 4.39 Å². The molecule has 5 rings (SSSR count). The van der Waals surface area contributed by atoms with Gasteiger partial charge in [0.15, 0.2) is 0 Å². The van der Waals surface area contributed by atoms with Crippen molar-refractivity contribution in [1.82, 2.24) is 3.97 Å². The van der Waals surface area contributed by atoms with E-state index < -0.39 is 27.2 Å². The number of primary amides is 1. The van der Waals surface area contributed by atoms with Gasteiger partial charge in [0.1, 0.15) is 5.82 Å². The summed E-state index contributed by atoms with van der Waals surface area (Å²) >= 11 is 0. The standard InChI is InChI=1S/C28H34FN3O4S/c1-3-28(4-2)15-24-25(20-7-5-6-8-23(20)32(24)37(35,36)16-28)17-13-21(29)26(27(30)34)22(14-17)31-18-9-11-19(33)12-10-18/h5-8,13-14,18-19,31,33H,3-4,9-12,15-16H2,1-2H3,(H2,30,34). The molecular weight excluding hydrogens is 493 g/mol. The van der Waals surface area contributed by atoms with Crippen LogP contribution in [0.2, 0.25) is 0 Å². The molecule has 2 aromatic carbocycles. The fourth-order valence-corrected chi connectivity index (χ4v) is 8.55. The quantitative estimate of drug-likeness (QED) is 0.426. The summed E-state index contributed by atoms with van der Waals surface area (Å²) in [6, 6.07) is 10.3. The molecule has 0 bridgehead atoms. The summed E-state index contributed by atoms with van der Waals surface area (Å²) < 4.78 is 44.2. The summed E-state index contributed by atoms with van der Waals surface area (Å²) in [5, 5.41) is 13.9. The summed E-state index contributed by atoms with van der Waals surface area (Å²) in [4.78, 5) is 12.2. The third-order valence-electron chi connectivity index (χ3n) is 8.42. The van der Waals surface area contributed by atoms with Crippen molar-refractivity contribution in [1.29, 1.82) is 0 Å². The predicted molar refractivity (Wildman–Crippen MR) is 144 cm³/mol. The lowest BCUT2D eigenvalue weighted by Crippen LogP contribution is -2.40. The molecule has 9 heteroatoms. The van der Waals surface area contributed by atoms with Crippen LogP contribution in [0, 0.1) is 11.2 Å². The van der Waals surface area contributed by atoms with Crippen molar-refractivity contribution in [2.24, 2.45) is 11.1 Å². The second kappa shape index (κ2) is 9.44. The summed E-state index contributed by atoms with van der Waals surface area (Å²) in [6.45, 7) is 4.03. The molecule has 4 N–H and O–H groups in total. The van der Waals surface area contributed by atoms with E-state index in [1.807, 2.05) is 26.0 Å². The van der Waals surface area contributed by atoms with Crippen molar-refractivity contribution in [2.45, 2.75) is 70.9 Å². The molecule has 0 atom stereocenters. The van der Waals surface area contributed by atoms with Crippen molar-refractivity contribution < 1.29 is 22.7 Å². The molecule has 1 saturated carbocycles. The molecule has 198 valence electrons. The predicted octanol–water partition coefficient (Wildman–Crippen LogP) is 4.80. The van der Waals surface area contributed by atoms with Crippen LogP contribution in [0.4, 0.5) is 10.1 Å². The van der Waals surface area contributed by atoms with Gasteiger partial charge in [-0.15, -0.1) is 0 Å². The Labute approximate surface area is 216 Å². The number of amides is 1. The number of aromatic nitrogens is 1. The minimum atomic E-state index is -3.65. The molecule has 0 saturated heterocycles. The van der Waals surface area contributed by atoms with Crippen LogP contribution in [0.1, 0.15) is 68.4 Å². The van der Waals surface area contributed by atoms with Crippen molar-refractivity contribution in [3.05, 3.63) is 53.5 Å². The molecule has 7 nitrogen and oxygen atoms in total. The van der Waals surface area contributed by atoms with Crippen LogP contribution in [0.3, 0.4) is 0 Å². The van der Waals surface area contributed by atoms with Gasteiger partial charge in [0.25, 0.3) is 5.91 Å². The molecule has 1 aromatic heterocycles. The monoisotopic (exact) mass is 527 g/mol. The van der Waals surface area contributed by atoms with Gasteiger partial charge >= 0.3 is 0 Å². The second-order valence-electron chi connectivity index (χ2n) is 10.6. The van der Waals surface area contributed by atoms with E-state index in [-0.39, 0.29) is 23.5 Å². The third-order valence-corrected chi connectivity index (χ3v) is 10.4. The zero-order chi connectivity index (χ0) is 26.5. The van der Waals surface area contributed by atoms with E-state index in [1.54, 1.807) is 18.2 Å². The summed E-state index contributed by atoms with van der Waals surface area (Å²) in [5.41, 5.74) is 7.64. The van der Waals surface area contributed by atoms with Gasteiger partial charge in [0.2, 0.25) is 10.0 Å². The molecule has 0 spiro atoms. The molecular formula is C28H34FN3O4S. The number of aliphatic hydroxyl groups excluding tert-OH is 1. The summed E-state index contributed by atoms with van der Waals surface area (Å²) in [5.74, 6) is -1.55. The lowest BCUT2D eigenvalue weighted by Gasteiger charge is -2.36. The van der Waals surface area contributed by atoms with Gasteiger partial charge in [0.05, 0.1) is 28.6 Å². The molecule has 2 heterocycles. The number of hydrogen-bond donors (Lipinski definition) is 3. The highest BCUT2D eigenvalue weighted by molar-refractivity contribution is 7.90. The Morgan fingerprint density at radius 2 is 1.84 bits per heavy atom. The van der Waals surface area contributed by atoms with E-state index in [2.05, 4.69) is 5.32 Å². The molecule has 1 fully saturated rings. The Hall–Kier alpha value is -2.91. The number of carbonyl (C=O) groups is 1. The fraction of sp³-hybridized carbons (Fsp3) is 0.464. The highest BCUT2D eigenvalue weighted by atomic mass is 32.2. The molecule has 0 radical (unpaired) electrons. The largest absolute Gasteiger partial charge is 0.393 e. The Morgan fingerprint density at radius 1 is 1.16 bits per heavy atom. The maximum Gasteiger partial charge on any atom is 0.253 e. The number of anilines is 1. The van der Waals surface area contributed by atoms with Gasteiger partial charge in [-0.05, 0) is 74.1 Å². The van der Waals surface area contributed by atoms with Crippen LogP contribution in [0.5, 0.6) is 0 Å². The first-order valence-corrected chi connectivity index (χ1v) is 14.6. The number of hydrogen-bond acceptors (Lipinski definition) is 5. The number of nitrogens with zero attached hydrogens (tertiary/aromatic N) is 1. The highest BCUT2D eigenvalue weighted by Crippen LogP contribution is 2.46. The number of halogens is 1. The van der Waals surface area contributed by atoms with Crippen LogP contribution in [-0.4, -0.2) is 41.3 Å². The third kappa shape index (κ3) is 4.42. The molecule has 1 aliphatic carbocycles. The van der Waals surface area contributed by atoms with Crippen LogP contribution >= 0.6 is 0 Å². The first-order valence-electron chi connectivity index (χ1n) is 13.0. The number of benzene rings is 2. The van der Waals surface area contributed by atoms with Crippen molar-refractivity contribution in [3.8, 4) is 11.1 Å². The average Bonchev–Trinajstić information content (AvgIpc) is 3.19. The van der Waals surface area contributed by atoms with Crippen molar-refractivity contribution in [3.63, 3.8) is 0 Å². The van der Waals surface area contributed by atoms with Gasteiger partial charge in [-0.25, -0.2) is 16.8 Å². The Morgan fingerprint density at radius 3 is 2.49 bits per heavy atom. The number of carbonyl (C=O) groups excluding carboxylic acids is 1. The molecule has 2 aliphatic rings. The molecule has 0 unspecified atom stereocenters. The minimum absolute atomic E-state index is 0.0379. The van der Waals surface area contributed by atoms with Gasteiger partial charge in [-0.3, -0.25) is 4.79 Å². The maximum absolute atomic E-state index is 15.5. The zero-order valence-electron chi connectivity index (χ0n) is 21.3. The lowest BCUT2D eigenvalue weighted by atomic mass is 9.78. The average molecular weight is 528 g/mol. The minimum Gasteiger partial charge on any atom is -0.393 e. The highest BCUT2D eigenvalue weighted by Gasteiger charge is 2.42. The summed E-state index contributed by atoms with van der Waals surface area (Å²) in [6.07, 6.45) is 4.22. The van der Waals surface area contributed by atoms with E-state index in [9.17, 15) is 18.3 Å². The molecule has 37 heavy (non-hydrogen) atoms. The smallest absolute Gasteiger partial charge is 0.253 e. The summed E-state index contributed by atoms with van der Waals surface area (Å²) in [7, 11) is -3.65.